The molecule has 2 aliphatic heterocycles. The first-order valence-corrected chi connectivity index (χ1v) is 6.49. The number of fused-ring (bicyclic) bond motifs is 2. The van der Waals surface area contributed by atoms with Gasteiger partial charge in [0.15, 0.2) is 0 Å². The third kappa shape index (κ3) is 1.82. The first-order valence-electron chi connectivity index (χ1n) is 6.49. The average Bonchev–Trinajstić information content (AvgIpc) is 2.60. The lowest BCUT2D eigenvalue weighted by molar-refractivity contribution is 0.370. The van der Waals surface area contributed by atoms with Crippen LogP contribution in [0.15, 0.2) is 24.3 Å². The topological polar surface area (TPSA) is 15.3 Å². The maximum Gasteiger partial charge on any atom is 0.146 e. The summed E-state index contributed by atoms with van der Waals surface area (Å²) < 4.78 is 13.9. The zero-order valence-electron chi connectivity index (χ0n) is 10.2. The number of para-hydroxylation sites is 1. The van der Waals surface area contributed by atoms with Crippen LogP contribution in [0.1, 0.15) is 25.7 Å². The average molecular weight is 234 g/mol. The van der Waals surface area contributed by atoms with E-state index in [1.165, 1.54) is 12.8 Å². The van der Waals surface area contributed by atoms with Gasteiger partial charge in [0.1, 0.15) is 5.82 Å². The summed E-state index contributed by atoms with van der Waals surface area (Å²) in [6, 6.07) is 8.82. The second-order valence-corrected chi connectivity index (χ2v) is 5.20. The molecule has 2 atom stereocenters. The molecule has 2 aliphatic rings. The summed E-state index contributed by atoms with van der Waals surface area (Å²) in [5, 5.41) is 3.37. The van der Waals surface area contributed by atoms with Crippen molar-refractivity contribution in [1.82, 2.24) is 5.32 Å². The third-order valence-corrected chi connectivity index (χ3v) is 4.27. The molecule has 3 rings (SSSR count). The van der Waals surface area contributed by atoms with Crippen molar-refractivity contribution >= 4 is 5.69 Å². The second-order valence-electron chi connectivity index (χ2n) is 5.20. The summed E-state index contributed by atoms with van der Waals surface area (Å²) >= 11 is 0. The largest absolute Gasteiger partial charge is 0.363 e. The van der Waals surface area contributed by atoms with E-state index in [0.717, 1.165) is 18.5 Å². The van der Waals surface area contributed by atoms with Crippen molar-refractivity contribution in [3.63, 3.8) is 0 Å². The third-order valence-electron chi connectivity index (χ3n) is 4.27. The van der Waals surface area contributed by atoms with E-state index in [1.54, 1.807) is 12.1 Å². The first-order chi connectivity index (χ1) is 8.29. The van der Waals surface area contributed by atoms with E-state index in [9.17, 15) is 4.39 Å². The van der Waals surface area contributed by atoms with Crippen molar-refractivity contribution < 1.29 is 4.39 Å². The monoisotopic (exact) mass is 234 g/mol. The van der Waals surface area contributed by atoms with Crippen molar-refractivity contribution in [2.75, 3.05) is 11.9 Å². The maximum absolute atomic E-state index is 13.9. The lowest BCUT2D eigenvalue weighted by atomic mass is 9.96. The maximum atomic E-state index is 13.9. The van der Waals surface area contributed by atoms with Crippen LogP contribution in [0.25, 0.3) is 0 Å². The van der Waals surface area contributed by atoms with Gasteiger partial charge in [0.25, 0.3) is 0 Å². The molecule has 0 amide bonds. The normalized spacial score (nSPS) is 31.9. The second kappa shape index (κ2) is 4.30. The molecule has 2 saturated heterocycles. The summed E-state index contributed by atoms with van der Waals surface area (Å²) in [6.45, 7) is 0. The van der Waals surface area contributed by atoms with Crippen molar-refractivity contribution in [1.29, 1.82) is 0 Å². The van der Waals surface area contributed by atoms with E-state index in [4.69, 9.17) is 0 Å². The number of hydrogen-bond donors (Lipinski definition) is 1. The van der Waals surface area contributed by atoms with Crippen molar-refractivity contribution in [3.05, 3.63) is 30.1 Å². The molecule has 2 nitrogen and oxygen atoms in total. The van der Waals surface area contributed by atoms with Crippen LogP contribution in [0, 0.1) is 5.82 Å². The molecule has 92 valence electrons. The standard InChI is InChI=1S/C14H19FN2/c1-16-10-8-11-6-7-12(9-10)17(11)14-5-3-2-4-13(14)15/h2-5,10-12,16H,6-9H2,1H3. The summed E-state index contributed by atoms with van der Waals surface area (Å²) in [7, 11) is 2.03. The van der Waals surface area contributed by atoms with Gasteiger partial charge in [-0.15, -0.1) is 0 Å². The molecule has 1 aromatic carbocycles. The highest BCUT2D eigenvalue weighted by Gasteiger charge is 2.40. The Labute approximate surface area is 102 Å². The fourth-order valence-corrected chi connectivity index (χ4v) is 3.47. The fraction of sp³-hybridized carbons (Fsp3) is 0.571. The molecule has 1 aromatic rings. The molecule has 2 bridgehead atoms. The van der Waals surface area contributed by atoms with Gasteiger partial charge in [-0.05, 0) is 44.9 Å². The fourth-order valence-electron chi connectivity index (χ4n) is 3.47. The number of nitrogens with zero attached hydrogens (tertiary/aromatic N) is 1. The first kappa shape index (κ1) is 11.0. The molecule has 17 heavy (non-hydrogen) atoms. The molecule has 0 radical (unpaired) electrons. The van der Waals surface area contributed by atoms with Gasteiger partial charge in [-0.2, -0.15) is 0 Å². The molecule has 2 unspecified atom stereocenters. The van der Waals surface area contributed by atoms with Crippen molar-refractivity contribution in [2.24, 2.45) is 0 Å². The quantitative estimate of drug-likeness (QED) is 0.846. The number of rotatable bonds is 2. The van der Waals surface area contributed by atoms with Crippen LogP contribution < -0.4 is 10.2 Å². The Hall–Kier alpha value is -1.09. The van der Waals surface area contributed by atoms with Crippen LogP contribution in [0.2, 0.25) is 0 Å². The minimum Gasteiger partial charge on any atom is -0.363 e. The van der Waals surface area contributed by atoms with E-state index < -0.39 is 0 Å². The SMILES string of the molecule is CNC1CC2CCC(C1)N2c1ccccc1F. The summed E-state index contributed by atoms with van der Waals surface area (Å²) in [5.74, 6) is -0.0766. The minimum absolute atomic E-state index is 0.0766. The molecule has 0 spiro atoms. The van der Waals surface area contributed by atoms with Crippen LogP contribution in [0.3, 0.4) is 0 Å². The van der Waals surface area contributed by atoms with Gasteiger partial charge in [0.05, 0.1) is 5.69 Å². The lowest BCUT2D eigenvalue weighted by Gasteiger charge is -2.40. The smallest absolute Gasteiger partial charge is 0.146 e. The zero-order chi connectivity index (χ0) is 11.8. The Kier molecular flexibility index (Phi) is 2.79. The van der Waals surface area contributed by atoms with E-state index in [-0.39, 0.29) is 5.82 Å². The molecule has 2 heterocycles. The molecule has 0 aliphatic carbocycles. The Balaban J connectivity index is 1.89. The summed E-state index contributed by atoms with van der Waals surface area (Å²) in [5.41, 5.74) is 0.801. The van der Waals surface area contributed by atoms with Crippen LogP contribution in [0.4, 0.5) is 10.1 Å². The van der Waals surface area contributed by atoms with Gasteiger partial charge in [0, 0.05) is 18.1 Å². The predicted octanol–water partition coefficient (Wildman–Crippen LogP) is 2.54. The highest BCUT2D eigenvalue weighted by Crippen LogP contribution is 2.40. The molecular weight excluding hydrogens is 215 g/mol. The molecular formula is C14H19FN2. The van der Waals surface area contributed by atoms with Gasteiger partial charge < -0.3 is 10.2 Å². The lowest BCUT2D eigenvalue weighted by Crippen LogP contribution is -2.48. The summed E-state index contributed by atoms with van der Waals surface area (Å²) in [6.07, 6.45) is 4.69. The van der Waals surface area contributed by atoms with Gasteiger partial charge in [0.2, 0.25) is 0 Å². The van der Waals surface area contributed by atoms with Crippen molar-refractivity contribution in [2.45, 2.75) is 43.8 Å². The Morgan fingerprint density at radius 3 is 2.41 bits per heavy atom. The van der Waals surface area contributed by atoms with Crippen LogP contribution in [0.5, 0.6) is 0 Å². The minimum atomic E-state index is -0.0766. The van der Waals surface area contributed by atoms with Crippen LogP contribution >= 0.6 is 0 Å². The molecule has 0 aromatic heterocycles. The highest BCUT2D eigenvalue weighted by atomic mass is 19.1. The van der Waals surface area contributed by atoms with Gasteiger partial charge in [-0.1, -0.05) is 12.1 Å². The van der Waals surface area contributed by atoms with E-state index in [0.29, 0.717) is 18.1 Å². The van der Waals surface area contributed by atoms with Crippen LogP contribution in [-0.4, -0.2) is 25.2 Å². The zero-order valence-corrected chi connectivity index (χ0v) is 10.2. The number of benzene rings is 1. The summed E-state index contributed by atoms with van der Waals surface area (Å²) in [4.78, 5) is 2.32. The van der Waals surface area contributed by atoms with Crippen molar-refractivity contribution in [3.8, 4) is 0 Å². The van der Waals surface area contributed by atoms with E-state index in [1.807, 2.05) is 19.2 Å². The molecule has 0 saturated carbocycles. The Morgan fingerprint density at radius 2 is 1.82 bits per heavy atom. The van der Waals surface area contributed by atoms with Gasteiger partial charge in [-0.3, -0.25) is 0 Å². The van der Waals surface area contributed by atoms with Gasteiger partial charge in [-0.25, -0.2) is 4.39 Å². The molecule has 1 N–H and O–H groups in total. The van der Waals surface area contributed by atoms with Crippen LogP contribution in [-0.2, 0) is 0 Å². The Bertz CT molecular complexity index is 393. The predicted molar refractivity (Wildman–Crippen MR) is 67.8 cm³/mol. The molecule has 2 fully saturated rings. The number of halogens is 1. The Morgan fingerprint density at radius 1 is 1.18 bits per heavy atom. The number of anilines is 1. The number of nitrogens with one attached hydrogen (secondary N) is 1. The number of hydrogen-bond acceptors (Lipinski definition) is 2. The molecule has 3 heteroatoms. The highest BCUT2D eigenvalue weighted by molar-refractivity contribution is 5.51. The number of piperidine rings is 1. The van der Waals surface area contributed by atoms with E-state index >= 15 is 0 Å². The van der Waals surface area contributed by atoms with E-state index in [2.05, 4.69) is 10.2 Å². The van der Waals surface area contributed by atoms with Gasteiger partial charge >= 0.3 is 0 Å².